The van der Waals surface area contributed by atoms with Crippen LogP contribution in [0.2, 0.25) is 0 Å². The molecular formula is C19H24N4O3S. The molecule has 0 saturated carbocycles. The van der Waals surface area contributed by atoms with Gasteiger partial charge in [0.05, 0.1) is 4.90 Å². The summed E-state index contributed by atoms with van der Waals surface area (Å²) in [6, 6.07) is 9.89. The first-order chi connectivity index (χ1) is 12.9. The Bertz CT molecular complexity index is 874. The van der Waals surface area contributed by atoms with E-state index in [1.54, 1.807) is 18.3 Å². The third-order valence-corrected chi connectivity index (χ3v) is 5.86. The van der Waals surface area contributed by atoms with Gasteiger partial charge in [-0.1, -0.05) is 6.07 Å². The zero-order chi connectivity index (χ0) is 19.3. The second-order valence-corrected chi connectivity index (χ2v) is 8.37. The number of hydrogen-bond donors (Lipinski definition) is 2. The Morgan fingerprint density at radius 1 is 1.07 bits per heavy atom. The molecule has 0 radical (unpaired) electrons. The Morgan fingerprint density at radius 3 is 2.37 bits per heavy atom. The molecule has 0 bridgehead atoms. The van der Waals surface area contributed by atoms with E-state index in [9.17, 15) is 13.2 Å². The highest BCUT2D eigenvalue weighted by Crippen LogP contribution is 2.18. The Hall–Kier alpha value is -2.45. The first kappa shape index (κ1) is 19.3. The highest BCUT2D eigenvalue weighted by molar-refractivity contribution is 7.89. The molecular weight excluding hydrogens is 364 g/mol. The largest absolute Gasteiger partial charge is 0.357 e. The van der Waals surface area contributed by atoms with Gasteiger partial charge in [0, 0.05) is 38.4 Å². The van der Waals surface area contributed by atoms with Gasteiger partial charge < -0.3 is 10.2 Å². The Labute approximate surface area is 159 Å². The second kappa shape index (κ2) is 8.49. The van der Waals surface area contributed by atoms with Crippen LogP contribution in [0.25, 0.3) is 0 Å². The van der Waals surface area contributed by atoms with Gasteiger partial charge in [0.15, 0.2) is 0 Å². The molecule has 2 aromatic rings. The van der Waals surface area contributed by atoms with Crippen molar-refractivity contribution in [2.75, 3.05) is 23.3 Å². The summed E-state index contributed by atoms with van der Waals surface area (Å²) < 4.78 is 27.4. The van der Waals surface area contributed by atoms with E-state index < -0.39 is 10.0 Å². The number of amides is 1. The lowest BCUT2D eigenvalue weighted by molar-refractivity contribution is -0.114. The van der Waals surface area contributed by atoms with E-state index in [4.69, 9.17) is 0 Å². The number of carbonyl (C=O) groups is 1. The number of nitrogens with one attached hydrogen (secondary N) is 2. The van der Waals surface area contributed by atoms with Crippen LogP contribution in [0.1, 0.15) is 31.7 Å². The van der Waals surface area contributed by atoms with E-state index in [-0.39, 0.29) is 17.3 Å². The predicted molar refractivity (Wildman–Crippen MR) is 105 cm³/mol. The molecule has 0 aliphatic carbocycles. The van der Waals surface area contributed by atoms with Crippen LogP contribution in [-0.4, -0.2) is 32.4 Å². The molecule has 1 saturated heterocycles. The van der Waals surface area contributed by atoms with Gasteiger partial charge in [-0.15, -0.1) is 0 Å². The number of piperidine rings is 1. The SMILES string of the molecule is CC(=O)Nc1ccc(S(=O)(=O)NCc2ccc(N3CCCCC3)nc2)cc1. The molecule has 3 rings (SSSR count). The van der Waals surface area contributed by atoms with Crippen LogP contribution in [0, 0.1) is 0 Å². The zero-order valence-corrected chi connectivity index (χ0v) is 16.1. The molecule has 7 nitrogen and oxygen atoms in total. The van der Waals surface area contributed by atoms with Crippen molar-refractivity contribution in [2.45, 2.75) is 37.6 Å². The molecule has 1 fully saturated rings. The lowest BCUT2D eigenvalue weighted by atomic mass is 10.1. The van der Waals surface area contributed by atoms with E-state index in [0.717, 1.165) is 24.5 Å². The van der Waals surface area contributed by atoms with Crippen molar-refractivity contribution < 1.29 is 13.2 Å². The highest BCUT2D eigenvalue weighted by Gasteiger charge is 2.15. The number of carbonyl (C=O) groups excluding carboxylic acids is 1. The van der Waals surface area contributed by atoms with Crippen LogP contribution in [0.3, 0.4) is 0 Å². The third-order valence-electron chi connectivity index (χ3n) is 4.44. The Morgan fingerprint density at radius 2 is 1.78 bits per heavy atom. The minimum atomic E-state index is -3.64. The fourth-order valence-electron chi connectivity index (χ4n) is 3.01. The molecule has 2 N–H and O–H groups in total. The van der Waals surface area contributed by atoms with Crippen LogP contribution >= 0.6 is 0 Å². The number of rotatable bonds is 6. The molecule has 144 valence electrons. The van der Waals surface area contributed by atoms with Gasteiger partial charge in [-0.05, 0) is 55.2 Å². The van der Waals surface area contributed by atoms with Crippen LogP contribution in [-0.2, 0) is 21.4 Å². The summed E-state index contributed by atoms with van der Waals surface area (Å²) in [6.07, 6.45) is 5.35. The summed E-state index contributed by atoms with van der Waals surface area (Å²) in [6.45, 7) is 3.61. The van der Waals surface area contributed by atoms with Gasteiger partial charge in [-0.25, -0.2) is 18.1 Å². The normalized spacial score (nSPS) is 14.8. The second-order valence-electron chi connectivity index (χ2n) is 6.60. The van der Waals surface area contributed by atoms with Crippen molar-refractivity contribution in [1.82, 2.24) is 9.71 Å². The summed E-state index contributed by atoms with van der Waals surface area (Å²) in [7, 11) is -3.64. The monoisotopic (exact) mass is 388 g/mol. The van der Waals surface area contributed by atoms with E-state index in [1.807, 2.05) is 12.1 Å². The number of sulfonamides is 1. The minimum Gasteiger partial charge on any atom is -0.357 e. The van der Waals surface area contributed by atoms with Crippen LogP contribution in [0.15, 0.2) is 47.5 Å². The molecule has 1 aliphatic heterocycles. The van der Waals surface area contributed by atoms with Gasteiger partial charge in [0.1, 0.15) is 5.82 Å². The fraction of sp³-hybridized carbons (Fsp3) is 0.368. The van der Waals surface area contributed by atoms with Crippen molar-refractivity contribution in [1.29, 1.82) is 0 Å². The van der Waals surface area contributed by atoms with Gasteiger partial charge >= 0.3 is 0 Å². The maximum Gasteiger partial charge on any atom is 0.240 e. The Kier molecular flexibility index (Phi) is 6.08. The average molecular weight is 388 g/mol. The maximum absolute atomic E-state index is 12.4. The van der Waals surface area contributed by atoms with Crippen molar-refractivity contribution >= 4 is 27.4 Å². The molecule has 2 heterocycles. The van der Waals surface area contributed by atoms with Crippen molar-refractivity contribution in [3.05, 3.63) is 48.2 Å². The molecule has 0 spiro atoms. The summed E-state index contributed by atoms with van der Waals surface area (Å²) in [5, 5.41) is 2.61. The molecule has 1 aromatic carbocycles. The van der Waals surface area contributed by atoms with Gasteiger partial charge in [0.25, 0.3) is 0 Å². The summed E-state index contributed by atoms with van der Waals surface area (Å²) in [5.74, 6) is 0.735. The molecule has 8 heteroatoms. The number of aromatic nitrogens is 1. The molecule has 27 heavy (non-hydrogen) atoms. The highest BCUT2D eigenvalue weighted by atomic mass is 32.2. The number of benzene rings is 1. The van der Waals surface area contributed by atoms with E-state index in [2.05, 4.69) is 19.9 Å². The molecule has 1 amide bonds. The van der Waals surface area contributed by atoms with Crippen LogP contribution < -0.4 is 14.9 Å². The van der Waals surface area contributed by atoms with E-state index in [0.29, 0.717) is 5.69 Å². The lowest BCUT2D eigenvalue weighted by Gasteiger charge is -2.27. The number of anilines is 2. The summed E-state index contributed by atoms with van der Waals surface area (Å²) in [4.78, 5) is 17.9. The molecule has 0 atom stereocenters. The van der Waals surface area contributed by atoms with Crippen LogP contribution in [0.5, 0.6) is 0 Å². The van der Waals surface area contributed by atoms with Crippen molar-refractivity contribution in [3.63, 3.8) is 0 Å². The van der Waals surface area contributed by atoms with Crippen molar-refractivity contribution in [2.24, 2.45) is 0 Å². The first-order valence-corrected chi connectivity index (χ1v) is 10.5. The standard InChI is InChI=1S/C19H24N4O3S/c1-15(24)22-17-6-8-18(9-7-17)27(25,26)21-14-16-5-10-19(20-13-16)23-11-3-2-4-12-23/h5-10,13,21H,2-4,11-12,14H2,1H3,(H,22,24). The average Bonchev–Trinajstić information content (AvgIpc) is 2.67. The molecule has 0 unspecified atom stereocenters. The molecule has 1 aromatic heterocycles. The lowest BCUT2D eigenvalue weighted by Crippen LogP contribution is -2.30. The number of pyridine rings is 1. The number of hydrogen-bond acceptors (Lipinski definition) is 5. The van der Waals surface area contributed by atoms with Crippen molar-refractivity contribution in [3.8, 4) is 0 Å². The predicted octanol–water partition coefficient (Wildman–Crippen LogP) is 2.51. The Balaban J connectivity index is 1.60. The zero-order valence-electron chi connectivity index (χ0n) is 15.3. The fourth-order valence-corrected chi connectivity index (χ4v) is 4.03. The van der Waals surface area contributed by atoms with E-state index >= 15 is 0 Å². The smallest absolute Gasteiger partial charge is 0.240 e. The van der Waals surface area contributed by atoms with Gasteiger partial charge in [-0.3, -0.25) is 4.79 Å². The quantitative estimate of drug-likeness (QED) is 0.793. The third kappa shape index (κ3) is 5.27. The van der Waals surface area contributed by atoms with Crippen LogP contribution in [0.4, 0.5) is 11.5 Å². The maximum atomic E-state index is 12.4. The summed E-state index contributed by atoms with van der Waals surface area (Å²) >= 11 is 0. The topological polar surface area (TPSA) is 91.4 Å². The van der Waals surface area contributed by atoms with Gasteiger partial charge in [0.2, 0.25) is 15.9 Å². The van der Waals surface area contributed by atoms with Gasteiger partial charge in [-0.2, -0.15) is 0 Å². The summed E-state index contributed by atoms with van der Waals surface area (Å²) in [5.41, 5.74) is 1.35. The molecule has 1 aliphatic rings. The van der Waals surface area contributed by atoms with E-state index in [1.165, 1.54) is 38.3 Å². The first-order valence-electron chi connectivity index (χ1n) is 9.01. The minimum absolute atomic E-state index is 0.148. The number of nitrogens with zero attached hydrogens (tertiary/aromatic N) is 2.